The number of benzene rings is 1. The van der Waals surface area contributed by atoms with E-state index >= 15 is 0 Å². The Morgan fingerprint density at radius 2 is 2.00 bits per heavy atom. The van der Waals surface area contributed by atoms with Crippen molar-refractivity contribution in [2.75, 3.05) is 26.3 Å². The van der Waals surface area contributed by atoms with Crippen molar-refractivity contribution in [2.45, 2.75) is 57.3 Å². The van der Waals surface area contributed by atoms with Crippen molar-refractivity contribution in [2.24, 2.45) is 18.1 Å². The van der Waals surface area contributed by atoms with Gasteiger partial charge >= 0.3 is 0 Å². The zero-order valence-corrected chi connectivity index (χ0v) is 24.4. The zero-order chi connectivity index (χ0) is 29.6. The molecule has 3 heterocycles. The van der Waals surface area contributed by atoms with Gasteiger partial charge in [0.25, 0.3) is 5.56 Å². The van der Waals surface area contributed by atoms with E-state index < -0.39 is 15.6 Å². The summed E-state index contributed by atoms with van der Waals surface area (Å²) in [5.74, 6) is 0.857. The predicted molar refractivity (Wildman–Crippen MR) is 154 cm³/mol. The second-order valence-corrected chi connectivity index (χ2v) is 12.0. The molecule has 3 N–H and O–H groups in total. The summed E-state index contributed by atoms with van der Waals surface area (Å²) < 4.78 is 36.4. The molecule has 0 unspecified atom stereocenters. The lowest BCUT2D eigenvalue weighted by atomic mass is 9.95. The molecular formula is C27H37N6O7S-. The number of nitrogens with zero attached hydrogens (tertiary/aromatic N) is 4. The first-order valence-electron chi connectivity index (χ1n) is 13.8. The third-order valence-corrected chi connectivity index (χ3v) is 9.33. The normalized spacial score (nSPS) is 15.3. The van der Waals surface area contributed by atoms with Gasteiger partial charge in [0.15, 0.2) is 0 Å². The van der Waals surface area contributed by atoms with E-state index in [1.54, 1.807) is 17.7 Å². The van der Waals surface area contributed by atoms with Gasteiger partial charge in [0.05, 0.1) is 35.6 Å². The number of nitrogens with one attached hydrogen (secondary N) is 2. The number of rotatable bonds is 13. The van der Waals surface area contributed by atoms with Gasteiger partial charge in [-0.15, -0.1) is 0 Å². The molecule has 0 atom stereocenters. The first kappa shape index (κ1) is 30.7. The molecule has 0 aliphatic carbocycles. The Morgan fingerprint density at radius 1 is 1.24 bits per heavy atom. The van der Waals surface area contributed by atoms with Crippen LogP contribution in [0.25, 0.3) is 22.4 Å². The van der Waals surface area contributed by atoms with E-state index in [4.69, 9.17) is 9.72 Å². The summed E-state index contributed by atoms with van der Waals surface area (Å²) in [5, 5.41) is 22.7. The number of ether oxygens (including phenoxy) is 1. The highest BCUT2D eigenvalue weighted by Gasteiger charge is 2.30. The maximum atomic E-state index is 13.7. The van der Waals surface area contributed by atoms with Crippen LogP contribution in [0.4, 0.5) is 0 Å². The third-order valence-electron chi connectivity index (χ3n) is 7.43. The Balaban J connectivity index is 1.76. The number of piperidine rings is 1. The highest BCUT2D eigenvalue weighted by Crippen LogP contribution is 2.34. The van der Waals surface area contributed by atoms with Crippen molar-refractivity contribution in [3.05, 3.63) is 45.0 Å². The summed E-state index contributed by atoms with van der Waals surface area (Å²) in [5.41, 5.74) is 3.48. The Hall–Kier alpha value is -3.30. The van der Waals surface area contributed by atoms with E-state index in [0.717, 1.165) is 18.4 Å². The minimum absolute atomic E-state index is 0.0754. The lowest BCUT2D eigenvalue weighted by Gasteiger charge is -2.31. The number of aromatic nitrogens is 3. The van der Waals surface area contributed by atoms with Crippen LogP contribution in [-0.4, -0.2) is 65.0 Å². The predicted octanol–water partition coefficient (Wildman–Crippen LogP) is 3.29. The smallest absolute Gasteiger partial charge is 0.275 e. The number of fused-ring (bicyclic) bond motifs is 1. The van der Waals surface area contributed by atoms with Crippen molar-refractivity contribution in [3.63, 3.8) is 0 Å². The molecule has 1 aliphatic rings. The summed E-state index contributed by atoms with van der Waals surface area (Å²) in [6.07, 6.45) is 5.37. The van der Waals surface area contributed by atoms with Gasteiger partial charge in [-0.2, -0.15) is 4.31 Å². The maximum absolute atomic E-state index is 13.7. The van der Waals surface area contributed by atoms with Crippen molar-refractivity contribution in [3.8, 4) is 17.1 Å². The number of aryl methyl sites for hydroxylation is 2. The molecule has 1 aliphatic heterocycles. The van der Waals surface area contributed by atoms with Gasteiger partial charge in [-0.3, -0.25) is 10.4 Å². The highest BCUT2D eigenvalue weighted by atomic mass is 32.2. The van der Waals surface area contributed by atoms with E-state index in [1.165, 1.54) is 28.3 Å². The van der Waals surface area contributed by atoms with Crippen LogP contribution in [-0.2, 0) is 28.3 Å². The minimum atomic E-state index is -3.84. The standard InChI is InChI=1S/C27H37N6O7S/c1-4-6-20-22(17-28-35)32(3)25-24(20)29-26(30-27(25)34)21-16-19(7-8-23(21)39-14-5-2)41(37,38)33-12-9-18(10-13-33)11-15-40-31-36/h7-8,16-18,31,35H,4-6,9-15H2,1-3H3,(H,29,30,34)/q-1/b28-17+. The quantitative estimate of drug-likeness (QED) is 0.117. The molecule has 2 aromatic heterocycles. The van der Waals surface area contributed by atoms with Crippen LogP contribution in [0.5, 0.6) is 5.75 Å². The van der Waals surface area contributed by atoms with E-state index in [0.29, 0.717) is 73.4 Å². The van der Waals surface area contributed by atoms with Crippen LogP contribution < -0.4 is 15.9 Å². The van der Waals surface area contributed by atoms with Gasteiger partial charge in [-0.1, -0.05) is 25.4 Å². The molecule has 0 bridgehead atoms. The molecule has 13 nitrogen and oxygen atoms in total. The second-order valence-electron chi connectivity index (χ2n) is 10.1. The zero-order valence-electron chi connectivity index (χ0n) is 23.6. The van der Waals surface area contributed by atoms with E-state index in [2.05, 4.69) is 15.0 Å². The van der Waals surface area contributed by atoms with E-state index in [9.17, 15) is 23.6 Å². The summed E-state index contributed by atoms with van der Waals surface area (Å²) in [4.78, 5) is 25.7. The number of oxime groups is 1. The molecule has 0 spiro atoms. The number of hydrogen-bond donors (Lipinski definition) is 3. The average molecular weight is 590 g/mol. The molecule has 1 fully saturated rings. The summed E-state index contributed by atoms with van der Waals surface area (Å²) in [6.45, 7) is 5.33. The molecule has 3 aromatic rings. The van der Waals surface area contributed by atoms with Gasteiger partial charge in [-0.05, 0) is 56.2 Å². The first-order chi connectivity index (χ1) is 19.8. The van der Waals surface area contributed by atoms with E-state index in [-0.39, 0.29) is 23.2 Å². The summed E-state index contributed by atoms with van der Waals surface area (Å²) in [6, 6.07) is 4.62. The molecule has 224 valence electrons. The van der Waals surface area contributed by atoms with Crippen LogP contribution in [0.3, 0.4) is 0 Å². The molecule has 41 heavy (non-hydrogen) atoms. The van der Waals surface area contributed by atoms with Crippen molar-refractivity contribution in [1.29, 1.82) is 0 Å². The summed E-state index contributed by atoms with van der Waals surface area (Å²) >= 11 is 0. The van der Waals surface area contributed by atoms with Gasteiger partial charge in [0.1, 0.15) is 22.6 Å². The molecule has 0 radical (unpaired) electrons. The second kappa shape index (κ2) is 13.6. The molecule has 14 heteroatoms. The SMILES string of the molecule is CCCOc1ccc(S(=O)(=O)N2CCC(CCON[O-])CC2)cc1-c1nc2c(CCC)c(/C=N/O)n(C)c2c(=O)[nH]1. The van der Waals surface area contributed by atoms with Crippen LogP contribution in [0.2, 0.25) is 0 Å². The monoisotopic (exact) mass is 589 g/mol. The van der Waals surface area contributed by atoms with Gasteiger partial charge in [-0.25, -0.2) is 13.4 Å². The van der Waals surface area contributed by atoms with Crippen molar-refractivity contribution < 1.29 is 23.2 Å². The highest BCUT2D eigenvalue weighted by molar-refractivity contribution is 7.89. The Bertz CT molecular complexity index is 1540. The maximum Gasteiger partial charge on any atom is 0.275 e. The summed E-state index contributed by atoms with van der Waals surface area (Å²) in [7, 11) is -2.14. The Labute approximate surface area is 238 Å². The fourth-order valence-electron chi connectivity index (χ4n) is 5.32. The number of sulfonamides is 1. The van der Waals surface area contributed by atoms with Crippen molar-refractivity contribution in [1.82, 2.24) is 24.5 Å². The van der Waals surface area contributed by atoms with Crippen LogP contribution in [0, 0.1) is 11.1 Å². The Kier molecular flexibility index (Phi) is 10.1. The third kappa shape index (κ3) is 6.46. The van der Waals surface area contributed by atoms with Gasteiger partial charge in [0, 0.05) is 25.7 Å². The largest absolute Gasteiger partial charge is 0.765 e. The average Bonchev–Trinajstić information content (AvgIpc) is 3.23. The molecule has 1 aromatic carbocycles. The van der Waals surface area contributed by atoms with Crippen LogP contribution in [0.15, 0.2) is 33.0 Å². The molecule has 0 saturated carbocycles. The fourth-order valence-corrected chi connectivity index (χ4v) is 6.82. The Morgan fingerprint density at radius 3 is 2.66 bits per heavy atom. The van der Waals surface area contributed by atoms with Gasteiger partial charge in [0.2, 0.25) is 10.0 Å². The molecule has 4 rings (SSSR count). The number of H-pyrrole nitrogens is 1. The minimum Gasteiger partial charge on any atom is -0.765 e. The van der Waals surface area contributed by atoms with E-state index in [1.807, 2.05) is 13.8 Å². The molecule has 0 amide bonds. The van der Waals surface area contributed by atoms with Crippen LogP contribution in [0.1, 0.15) is 57.2 Å². The topological polar surface area (TPSA) is 174 Å². The van der Waals surface area contributed by atoms with Crippen LogP contribution >= 0.6 is 0 Å². The number of hydrogen-bond acceptors (Lipinski definition) is 10. The lowest BCUT2D eigenvalue weighted by molar-refractivity contribution is 0.0561. The molecule has 1 saturated heterocycles. The first-order valence-corrected chi connectivity index (χ1v) is 15.3. The fraction of sp³-hybridized carbons (Fsp3) is 0.519. The van der Waals surface area contributed by atoms with Gasteiger partial charge < -0.3 is 29.5 Å². The lowest BCUT2D eigenvalue weighted by Crippen LogP contribution is -2.38. The molecular weight excluding hydrogens is 552 g/mol. The number of aromatic amines is 1. The van der Waals surface area contributed by atoms with Crippen molar-refractivity contribution >= 4 is 27.3 Å².